The predicted octanol–water partition coefficient (Wildman–Crippen LogP) is 2.84. The van der Waals surface area contributed by atoms with Crippen LogP contribution in [0.1, 0.15) is 23.2 Å². The maximum Gasteiger partial charge on any atom is 0.360 e. The highest BCUT2D eigenvalue weighted by atomic mass is 79.9. The molecule has 0 aliphatic carbocycles. The molecule has 1 heterocycles. The summed E-state index contributed by atoms with van der Waals surface area (Å²) in [5.74, 6) is -0.625. The van der Waals surface area contributed by atoms with E-state index in [-0.39, 0.29) is 23.8 Å². The number of nitrogens with two attached hydrogens (primary N) is 1. The Morgan fingerprint density at radius 2 is 2.25 bits per heavy atom. The highest BCUT2D eigenvalue weighted by Gasteiger charge is 2.21. The lowest BCUT2D eigenvalue weighted by Crippen LogP contribution is -2.10. The van der Waals surface area contributed by atoms with Crippen molar-refractivity contribution in [3.8, 4) is 5.69 Å². The number of hydrogen-bond acceptors (Lipinski definition) is 4. The van der Waals surface area contributed by atoms with Gasteiger partial charge in [-0.05, 0) is 32.0 Å². The highest BCUT2D eigenvalue weighted by Crippen LogP contribution is 2.25. The molecular weight excluding hydrogens is 329 g/mol. The molecule has 0 saturated heterocycles. The summed E-state index contributed by atoms with van der Waals surface area (Å²) < 4.78 is 20.9. The smallest absolute Gasteiger partial charge is 0.360 e. The van der Waals surface area contributed by atoms with Crippen molar-refractivity contribution < 1.29 is 13.9 Å². The summed E-state index contributed by atoms with van der Waals surface area (Å²) >= 11 is 3.18. The third kappa shape index (κ3) is 2.53. The summed E-state index contributed by atoms with van der Waals surface area (Å²) in [4.78, 5) is 15.8. The number of anilines is 1. The van der Waals surface area contributed by atoms with Gasteiger partial charge < -0.3 is 10.5 Å². The summed E-state index contributed by atoms with van der Waals surface area (Å²) in [7, 11) is 0. The van der Waals surface area contributed by atoms with Crippen molar-refractivity contribution >= 4 is 27.7 Å². The van der Waals surface area contributed by atoms with Crippen LogP contribution in [-0.4, -0.2) is 22.1 Å². The van der Waals surface area contributed by atoms with Gasteiger partial charge in [0, 0.05) is 4.47 Å². The Balaban J connectivity index is 2.55. The fourth-order valence-electron chi connectivity index (χ4n) is 1.87. The Hall–Kier alpha value is -1.89. The molecule has 7 heteroatoms. The van der Waals surface area contributed by atoms with Crippen molar-refractivity contribution in [3.63, 3.8) is 0 Å². The third-order valence-electron chi connectivity index (χ3n) is 2.70. The molecule has 0 saturated carbocycles. The van der Waals surface area contributed by atoms with Gasteiger partial charge in [0.1, 0.15) is 17.5 Å². The number of nitrogen functional groups attached to an aromatic ring is 1. The standard InChI is InChI=1S/C13H13BrFN3O2/c1-3-20-13(19)11-12(16)18(7(2)17-11)10-5-4-8(14)6-9(10)15/h4-6H,3,16H2,1-2H3. The van der Waals surface area contributed by atoms with Crippen LogP contribution in [0.4, 0.5) is 10.2 Å². The lowest BCUT2D eigenvalue weighted by Gasteiger charge is -2.09. The zero-order valence-electron chi connectivity index (χ0n) is 11.0. The summed E-state index contributed by atoms with van der Waals surface area (Å²) in [5, 5.41) is 0. The fraction of sp³-hybridized carbons (Fsp3) is 0.231. The van der Waals surface area contributed by atoms with Crippen molar-refractivity contribution in [1.82, 2.24) is 9.55 Å². The largest absolute Gasteiger partial charge is 0.461 e. The van der Waals surface area contributed by atoms with E-state index in [1.165, 1.54) is 10.6 Å². The van der Waals surface area contributed by atoms with Gasteiger partial charge in [0.15, 0.2) is 5.69 Å². The maximum atomic E-state index is 14.0. The number of carbonyl (C=O) groups is 1. The minimum Gasteiger partial charge on any atom is -0.461 e. The number of benzene rings is 1. The number of rotatable bonds is 3. The van der Waals surface area contributed by atoms with Crippen LogP contribution in [0.15, 0.2) is 22.7 Å². The van der Waals surface area contributed by atoms with Crippen molar-refractivity contribution in [2.75, 3.05) is 12.3 Å². The van der Waals surface area contributed by atoms with Gasteiger partial charge in [-0.2, -0.15) is 0 Å². The molecule has 0 radical (unpaired) electrons. The monoisotopic (exact) mass is 341 g/mol. The van der Waals surface area contributed by atoms with E-state index in [1.807, 2.05) is 0 Å². The second-order valence-electron chi connectivity index (χ2n) is 4.04. The molecule has 0 aliphatic rings. The topological polar surface area (TPSA) is 70.1 Å². The van der Waals surface area contributed by atoms with Crippen molar-refractivity contribution in [2.45, 2.75) is 13.8 Å². The van der Waals surface area contributed by atoms with Crippen LogP contribution in [0, 0.1) is 12.7 Å². The maximum absolute atomic E-state index is 14.0. The molecule has 2 N–H and O–H groups in total. The second kappa shape index (κ2) is 5.62. The molecule has 20 heavy (non-hydrogen) atoms. The van der Waals surface area contributed by atoms with Crippen LogP contribution in [0.3, 0.4) is 0 Å². The quantitative estimate of drug-likeness (QED) is 0.871. The van der Waals surface area contributed by atoms with E-state index >= 15 is 0 Å². The van der Waals surface area contributed by atoms with E-state index in [0.717, 1.165) is 0 Å². The molecule has 2 aromatic rings. The number of halogens is 2. The van der Waals surface area contributed by atoms with E-state index in [2.05, 4.69) is 20.9 Å². The predicted molar refractivity (Wildman–Crippen MR) is 76.3 cm³/mol. The number of hydrogen-bond donors (Lipinski definition) is 1. The summed E-state index contributed by atoms with van der Waals surface area (Å²) in [5.41, 5.74) is 6.12. The van der Waals surface area contributed by atoms with Gasteiger partial charge in [-0.1, -0.05) is 15.9 Å². The summed E-state index contributed by atoms with van der Waals surface area (Å²) in [6.45, 7) is 3.55. The van der Waals surface area contributed by atoms with Gasteiger partial charge >= 0.3 is 5.97 Å². The van der Waals surface area contributed by atoms with E-state index in [4.69, 9.17) is 10.5 Å². The Labute approximate surface area is 123 Å². The first-order valence-corrected chi connectivity index (χ1v) is 6.72. The first kappa shape index (κ1) is 14.5. The van der Waals surface area contributed by atoms with E-state index in [0.29, 0.717) is 10.3 Å². The molecule has 0 spiro atoms. The summed E-state index contributed by atoms with van der Waals surface area (Å²) in [6.07, 6.45) is 0. The van der Waals surface area contributed by atoms with E-state index < -0.39 is 11.8 Å². The van der Waals surface area contributed by atoms with Crippen molar-refractivity contribution in [1.29, 1.82) is 0 Å². The molecule has 0 unspecified atom stereocenters. The average Bonchev–Trinajstić information content (AvgIpc) is 2.66. The van der Waals surface area contributed by atoms with Crippen LogP contribution in [0.25, 0.3) is 5.69 Å². The minimum absolute atomic E-state index is 0.00771. The molecule has 0 atom stereocenters. The van der Waals surface area contributed by atoms with Gasteiger partial charge in [0.05, 0.1) is 12.3 Å². The number of esters is 1. The second-order valence-corrected chi connectivity index (χ2v) is 4.96. The SMILES string of the molecule is CCOC(=O)c1nc(C)n(-c2ccc(Br)cc2F)c1N. The van der Waals surface area contributed by atoms with Gasteiger partial charge in [0.2, 0.25) is 0 Å². The molecule has 0 bridgehead atoms. The van der Waals surface area contributed by atoms with Gasteiger partial charge in [-0.15, -0.1) is 0 Å². The molecular formula is C13H13BrFN3O2. The molecule has 1 aromatic heterocycles. The van der Waals surface area contributed by atoms with Gasteiger partial charge in [0.25, 0.3) is 0 Å². The summed E-state index contributed by atoms with van der Waals surface area (Å²) in [6, 6.07) is 4.55. The molecule has 0 fully saturated rings. The first-order chi connectivity index (χ1) is 9.45. The zero-order valence-corrected chi connectivity index (χ0v) is 12.6. The van der Waals surface area contributed by atoms with Crippen molar-refractivity contribution in [2.24, 2.45) is 0 Å². The molecule has 0 amide bonds. The fourth-order valence-corrected chi connectivity index (χ4v) is 2.20. The zero-order chi connectivity index (χ0) is 14.9. The molecule has 1 aromatic carbocycles. The molecule has 106 valence electrons. The van der Waals surface area contributed by atoms with Crippen LogP contribution in [0.2, 0.25) is 0 Å². The molecule has 5 nitrogen and oxygen atoms in total. The highest BCUT2D eigenvalue weighted by molar-refractivity contribution is 9.10. The average molecular weight is 342 g/mol. The number of nitrogens with zero attached hydrogens (tertiary/aromatic N) is 2. The van der Waals surface area contributed by atoms with Crippen LogP contribution >= 0.6 is 15.9 Å². The van der Waals surface area contributed by atoms with Crippen molar-refractivity contribution in [3.05, 3.63) is 40.0 Å². The Morgan fingerprint density at radius 3 is 2.85 bits per heavy atom. The first-order valence-electron chi connectivity index (χ1n) is 5.93. The lowest BCUT2D eigenvalue weighted by atomic mass is 10.3. The van der Waals surface area contributed by atoms with Crippen LogP contribution in [0.5, 0.6) is 0 Å². The number of ether oxygens (including phenoxy) is 1. The molecule has 0 aliphatic heterocycles. The Bertz CT molecular complexity index is 670. The lowest BCUT2D eigenvalue weighted by molar-refractivity contribution is 0.0521. The van der Waals surface area contributed by atoms with Gasteiger partial charge in [-0.3, -0.25) is 4.57 Å². The number of aryl methyl sites for hydroxylation is 1. The number of aromatic nitrogens is 2. The number of carbonyl (C=O) groups excluding carboxylic acids is 1. The van der Waals surface area contributed by atoms with E-state index in [1.54, 1.807) is 26.0 Å². The minimum atomic E-state index is -0.621. The Morgan fingerprint density at radius 1 is 1.55 bits per heavy atom. The van der Waals surface area contributed by atoms with Crippen LogP contribution in [-0.2, 0) is 4.74 Å². The Kier molecular flexibility index (Phi) is 4.08. The van der Waals surface area contributed by atoms with E-state index in [9.17, 15) is 9.18 Å². The molecule has 2 rings (SSSR count). The van der Waals surface area contributed by atoms with Crippen LogP contribution < -0.4 is 5.73 Å². The van der Waals surface area contributed by atoms with Gasteiger partial charge in [-0.25, -0.2) is 14.2 Å². The third-order valence-corrected chi connectivity index (χ3v) is 3.19. The number of imidazole rings is 1. The normalized spacial score (nSPS) is 10.6.